The number of nitrogens with one attached hydrogen (secondary N) is 2. The number of amides is 2. The molecule has 1 fully saturated rings. The second-order valence-corrected chi connectivity index (χ2v) is 10.6. The fourth-order valence-electron chi connectivity index (χ4n) is 4.14. The molecule has 176 valence electrons. The first-order chi connectivity index (χ1) is 15.7. The van der Waals surface area contributed by atoms with Crippen molar-refractivity contribution in [2.75, 3.05) is 23.7 Å². The zero-order valence-electron chi connectivity index (χ0n) is 18.4. The molecule has 1 saturated heterocycles. The standard InChI is InChI=1S/C23H26ClN3O5S/c1-3-19-23(29)26-18-11-14(2)21(13-20(18)32-19)33(30,31)27-9-7-15(8-10-27)22(28)25-17-6-4-5-16(24)12-17/h4-6,11-13,15,19H,3,7-10H2,1-2H3,(H,25,28)(H,26,29). The van der Waals surface area contributed by atoms with Gasteiger partial charge in [0.05, 0.1) is 10.6 Å². The largest absolute Gasteiger partial charge is 0.478 e. The van der Waals surface area contributed by atoms with Gasteiger partial charge in [-0.3, -0.25) is 9.59 Å². The lowest BCUT2D eigenvalue weighted by Gasteiger charge is -2.32. The summed E-state index contributed by atoms with van der Waals surface area (Å²) in [5.74, 6) is -0.322. The van der Waals surface area contributed by atoms with Crippen molar-refractivity contribution >= 4 is 44.8 Å². The fourth-order valence-corrected chi connectivity index (χ4v) is 6.02. The van der Waals surface area contributed by atoms with E-state index < -0.39 is 16.1 Å². The van der Waals surface area contributed by atoms with E-state index in [1.54, 1.807) is 37.3 Å². The van der Waals surface area contributed by atoms with Crippen LogP contribution in [0.15, 0.2) is 41.3 Å². The van der Waals surface area contributed by atoms with E-state index in [4.69, 9.17) is 16.3 Å². The number of nitrogens with zero attached hydrogens (tertiary/aromatic N) is 1. The number of benzene rings is 2. The lowest BCUT2D eigenvalue weighted by molar-refractivity contribution is -0.123. The van der Waals surface area contributed by atoms with E-state index in [-0.39, 0.29) is 35.7 Å². The second-order valence-electron chi connectivity index (χ2n) is 8.30. The lowest BCUT2D eigenvalue weighted by Crippen LogP contribution is -2.41. The summed E-state index contributed by atoms with van der Waals surface area (Å²) in [6.45, 7) is 3.99. The van der Waals surface area contributed by atoms with Gasteiger partial charge in [-0.05, 0) is 56.0 Å². The normalized spacial score (nSPS) is 19.4. The highest BCUT2D eigenvalue weighted by Crippen LogP contribution is 2.36. The molecule has 0 bridgehead atoms. The maximum absolute atomic E-state index is 13.4. The van der Waals surface area contributed by atoms with Crippen molar-refractivity contribution in [1.29, 1.82) is 0 Å². The molecule has 2 aromatic carbocycles. The van der Waals surface area contributed by atoms with E-state index in [0.717, 1.165) is 0 Å². The van der Waals surface area contributed by atoms with Crippen molar-refractivity contribution in [1.82, 2.24) is 4.31 Å². The zero-order valence-corrected chi connectivity index (χ0v) is 20.0. The maximum atomic E-state index is 13.4. The molecule has 33 heavy (non-hydrogen) atoms. The minimum absolute atomic E-state index is 0.144. The summed E-state index contributed by atoms with van der Waals surface area (Å²) in [4.78, 5) is 24.8. The maximum Gasteiger partial charge on any atom is 0.265 e. The van der Waals surface area contributed by atoms with Gasteiger partial charge in [0.15, 0.2) is 6.10 Å². The molecule has 0 spiro atoms. The molecule has 1 unspecified atom stereocenters. The van der Waals surface area contributed by atoms with Crippen LogP contribution in [0.3, 0.4) is 0 Å². The molecule has 1 atom stereocenters. The highest BCUT2D eigenvalue weighted by Gasteiger charge is 2.35. The first-order valence-corrected chi connectivity index (χ1v) is 12.7. The molecule has 2 N–H and O–H groups in total. The number of carbonyl (C=O) groups is 2. The number of halogens is 1. The first-order valence-electron chi connectivity index (χ1n) is 10.9. The van der Waals surface area contributed by atoms with Crippen molar-refractivity contribution in [3.05, 3.63) is 47.0 Å². The number of rotatable bonds is 5. The molecule has 2 aromatic rings. The zero-order chi connectivity index (χ0) is 23.8. The molecule has 2 amide bonds. The Morgan fingerprint density at radius 3 is 2.64 bits per heavy atom. The summed E-state index contributed by atoms with van der Waals surface area (Å²) in [6, 6.07) is 10.0. The van der Waals surface area contributed by atoms with Crippen molar-refractivity contribution < 1.29 is 22.7 Å². The van der Waals surface area contributed by atoms with Crippen LogP contribution in [0.25, 0.3) is 0 Å². The molecule has 4 rings (SSSR count). The van der Waals surface area contributed by atoms with Crippen LogP contribution in [0.2, 0.25) is 5.02 Å². The Hall–Kier alpha value is -2.62. The van der Waals surface area contributed by atoms with Crippen molar-refractivity contribution in [2.45, 2.75) is 44.1 Å². The van der Waals surface area contributed by atoms with Crippen LogP contribution in [-0.2, 0) is 19.6 Å². The minimum atomic E-state index is -3.79. The number of anilines is 2. The summed E-state index contributed by atoms with van der Waals surface area (Å²) in [7, 11) is -3.79. The molecule has 2 aliphatic rings. The van der Waals surface area contributed by atoms with E-state index in [2.05, 4.69) is 10.6 Å². The summed E-state index contributed by atoms with van der Waals surface area (Å²) in [5.41, 5.74) is 1.61. The predicted octanol–water partition coefficient (Wildman–Crippen LogP) is 3.80. The Morgan fingerprint density at radius 1 is 1.24 bits per heavy atom. The van der Waals surface area contributed by atoms with Gasteiger partial charge in [0.1, 0.15) is 5.75 Å². The van der Waals surface area contributed by atoms with E-state index in [1.165, 1.54) is 10.4 Å². The van der Waals surface area contributed by atoms with Gasteiger partial charge in [0.2, 0.25) is 15.9 Å². The summed E-state index contributed by atoms with van der Waals surface area (Å²) < 4.78 is 33.9. The molecule has 2 aliphatic heterocycles. The molecule has 2 heterocycles. The predicted molar refractivity (Wildman–Crippen MR) is 126 cm³/mol. The molecular weight excluding hydrogens is 466 g/mol. The average Bonchev–Trinajstić information content (AvgIpc) is 2.78. The van der Waals surface area contributed by atoms with Gasteiger partial charge in [-0.2, -0.15) is 4.31 Å². The third-order valence-electron chi connectivity index (χ3n) is 6.00. The second kappa shape index (κ2) is 9.32. The van der Waals surface area contributed by atoms with Gasteiger partial charge >= 0.3 is 0 Å². The Bertz CT molecular complexity index is 1190. The number of fused-ring (bicyclic) bond motifs is 1. The van der Waals surface area contributed by atoms with Crippen molar-refractivity contribution in [3.8, 4) is 5.75 Å². The van der Waals surface area contributed by atoms with Crippen LogP contribution >= 0.6 is 11.6 Å². The van der Waals surface area contributed by atoms with Crippen LogP contribution in [0, 0.1) is 12.8 Å². The summed E-state index contributed by atoms with van der Waals surface area (Å²) >= 11 is 5.97. The van der Waals surface area contributed by atoms with Crippen molar-refractivity contribution in [2.24, 2.45) is 5.92 Å². The molecule has 8 nitrogen and oxygen atoms in total. The summed E-state index contributed by atoms with van der Waals surface area (Å²) in [5, 5.41) is 6.16. The van der Waals surface area contributed by atoms with Crippen LogP contribution < -0.4 is 15.4 Å². The molecule has 0 aliphatic carbocycles. The average molecular weight is 492 g/mol. The number of sulfonamides is 1. The number of piperidine rings is 1. The molecule has 0 radical (unpaired) electrons. The molecule has 0 saturated carbocycles. The third kappa shape index (κ3) is 4.85. The molecule has 10 heteroatoms. The van der Waals surface area contributed by atoms with Gasteiger partial charge in [-0.15, -0.1) is 0 Å². The van der Waals surface area contributed by atoms with Gasteiger partial charge in [0, 0.05) is 35.8 Å². The number of ether oxygens (including phenoxy) is 1. The van der Waals surface area contributed by atoms with Crippen LogP contribution in [0.4, 0.5) is 11.4 Å². The highest BCUT2D eigenvalue weighted by atomic mass is 35.5. The smallest absolute Gasteiger partial charge is 0.265 e. The number of hydrogen-bond acceptors (Lipinski definition) is 5. The lowest BCUT2D eigenvalue weighted by atomic mass is 9.97. The monoisotopic (exact) mass is 491 g/mol. The third-order valence-corrected chi connectivity index (χ3v) is 8.28. The Morgan fingerprint density at radius 2 is 1.97 bits per heavy atom. The van der Waals surface area contributed by atoms with E-state index in [9.17, 15) is 18.0 Å². The van der Waals surface area contributed by atoms with Gasteiger partial charge in [-0.25, -0.2) is 8.42 Å². The topological polar surface area (TPSA) is 105 Å². The number of aryl methyl sites for hydroxylation is 1. The van der Waals surface area contributed by atoms with E-state index >= 15 is 0 Å². The van der Waals surface area contributed by atoms with Crippen LogP contribution in [-0.4, -0.2) is 43.7 Å². The quantitative estimate of drug-likeness (QED) is 0.662. The summed E-state index contributed by atoms with van der Waals surface area (Å²) in [6.07, 6.45) is 0.663. The van der Waals surface area contributed by atoms with Crippen molar-refractivity contribution in [3.63, 3.8) is 0 Å². The first kappa shape index (κ1) is 23.5. The molecule has 0 aromatic heterocycles. The van der Waals surface area contributed by atoms with Crippen LogP contribution in [0.1, 0.15) is 31.7 Å². The van der Waals surface area contributed by atoms with E-state index in [0.29, 0.717) is 47.0 Å². The number of carbonyl (C=O) groups excluding carboxylic acids is 2. The van der Waals surface area contributed by atoms with Gasteiger partial charge < -0.3 is 15.4 Å². The Labute approximate surface area is 198 Å². The molecular formula is C23H26ClN3O5S. The minimum Gasteiger partial charge on any atom is -0.478 e. The Kier molecular flexibility index (Phi) is 6.65. The SMILES string of the molecule is CCC1Oc2cc(S(=O)(=O)N3CCC(C(=O)Nc4cccc(Cl)c4)CC3)c(C)cc2NC1=O. The van der Waals surface area contributed by atoms with Gasteiger partial charge in [0.25, 0.3) is 5.91 Å². The highest BCUT2D eigenvalue weighted by molar-refractivity contribution is 7.89. The van der Waals surface area contributed by atoms with Crippen LogP contribution in [0.5, 0.6) is 5.75 Å². The van der Waals surface area contributed by atoms with E-state index in [1.807, 2.05) is 6.92 Å². The Balaban J connectivity index is 1.46. The number of hydrogen-bond donors (Lipinski definition) is 2. The van der Waals surface area contributed by atoms with Gasteiger partial charge in [-0.1, -0.05) is 24.6 Å². The fraction of sp³-hybridized carbons (Fsp3) is 0.391.